The second kappa shape index (κ2) is 7.49. The number of nitrogens with two attached hydrogens (primary N) is 1. The van der Waals surface area contributed by atoms with Crippen molar-refractivity contribution in [2.75, 3.05) is 0 Å². The largest absolute Gasteiger partial charge is 0.443 e. The van der Waals surface area contributed by atoms with Crippen molar-refractivity contribution in [2.24, 2.45) is 5.73 Å². The Labute approximate surface area is 179 Å². The Morgan fingerprint density at radius 3 is 1.84 bits per heavy atom. The Kier molecular flexibility index (Phi) is 4.92. The fraction of sp³-hybridized carbons (Fsp3) is 0.227. The van der Waals surface area contributed by atoms with Crippen LogP contribution in [-0.2, 0) is 17.7 Å². The molecule has 0 atom stereocenters. The third kappa shape index (κ3) is 3.55. The molecule has 4 rings (SSSR count). The lowest BCUT2D eigenvalue weighted by Crippen LogP contribution is -2.33. The summed E-state index contributed by atoms with van der Waals surface area (Å²) in [7, 11) is 0. The topological polar surface area (TPSA) is 157 Å². The highest BCUT2D eigenvalue weighted by Crippen LogP contribution is 2.18. The SMILES string of the molecule is CC(C)(Cc1ccc(Cn2c(=O)c3c(=O)c4[nH]cc[nH]c4c(=O)c3c2=O)cc1)OC(N)=O. The fourth-order valence-corrected chi connectivity index (χ4v) is 3.89. The smallest absolute Gasteiger partial charge is 0.405 e. The molecular weight excluding hydrogens is 416 g/mol. The van der Waals surface area contributed by atoms with Crippen molar-refractivity contribution in [2.45, 2.75) is 32.4 Å². The third-order valence-electron chi connectivity index (χ3n) is 5.24. The molecule has 0 fully saturated rings. The van der Waals surface area contributed by atoms with Gasteiger partial charge in [-0.05, 0) is 25.0 Å². The molecule has 1 amide bonds. The molecule has 0 aliphatic heterocycles. The van der Waals surface area contributed by atoms with Crippen LogP contribution in [0.25, 0.3) is 21.8 Å². The molecule has 10 heteroatoms. The van der Waals surface area contributed by atoms with E-state index < -0.39 is 44.4 Å². The van der Waals surface area contributed by atoms with Crippen molar-refractivity contribution in [3.8, 4) is 0 Å². The number of carbonyl (C=O) groups is 1. The van der Waals surface area contributed by atoms with Crippen LogP contribution in [0.2, 0.25) is 0 Å². The summed E-state index contributed by atoms with van der Waals surface area (Å²) in [5.74, 6) is 0. The van der Waals surface area contributed by atoms with E-state index in [-0.39, 0.29) is 17.6 Å². The molecule has 0 saturated carbocycles. The number of hydrogen-bond donors (Lipinski definition) is 3. The summed E-state index contributed by atoms with van der Waals surface area (Å²) < 4.78 is 5.97. The van der Waals surface area contributed by atoms with E-state index >= 15 is 0 Å². The number of carbonyl (C=O) groups excluding carboxylic acids is 1. The lowest BCUT2D eigenvalue weighted by molar-refractivity contribution is 0.0460. The van der Waals surface area contributed by atoms with Crippen LogP contribution < -0.4 is 27.7 Å². The number of ether oxygens (including phenoxy) is 1. The molecule has 0 aliphatic rings. The van der Waals surface area contributed by atoms with Crippen LogP contribution in [0.5, 0.6) is 0 Å². The van der Waals surface area contributed by atoms with Crippen LogP contribution in [-0.4, -0.2) is 26.2 Å². The van der Waals surface area contributed by atoms with Crippen molar-refractivity contribution in [3.63, 3.8) is 0 Å². The summed E-state index contributed by atoms with van der Waals surface area (Å²) in [6, 6.07) is 6.98. The Bertz CT molecular complexity index is 1500. The standard InChI is InChI=1S/C22H20N4O6/c1-22(2,32-21(23)31)9-11-3-5-12(6-4-11)10-26-19(29)13-14(20(26)30)18(28)16-15(17(13)27)24-7-8-25-16/h3-8,24-25H,9-10H2,1-2H3,(H2,23,31). The molecule has 2 aromatic heterocycles. The van der Waals surface area contributed by atoms with Gasteiger partial charge in [0.25, 0.3) is 11.1 Å². The molecule has 0 unspecified atom stereocenters. The van der Waals surface area contributed by atoms with E-state index in [1.165, 1.54) is 12.4 Å². The molecule has 0 aliphatic carbocycles. The maximum absolute atomic E-state index is 12.9. The van der Waals surface area contributed by atoms with Crippen molar-refractivity contribution < 1.29 is 9.53 Å². The summed E-state index contributed by atoms with van der Waals surface area (Å²) in [5, 5.41) is -0.823. The molecule has 0 spiro atoms. The molecule has 2 aromatic carbocycles. The van der Waals surface area contributed by atoms with Gasteiger partial charge in [-0.25, -0.2) is 4.79 Å². The fourth-order valence-electron chi connectivity index (χ4n) is 3.89. The molecule has 0 radical (unpaired) electrons. The maximum atomic E-state index is 12.9. The highest BCUT2D eigenvalue weighted by Gasteiger charge is 2.23. The second-order valence-corrected chi connectivity index (χ2v) is 8.15. The van der Waals surface area contributed by atoms with Gasteiger partial charge in [-0.1, -0.05) is 24.3 Å². The van der Waals surface area contributed by atoms with Gasteiger partial charge in [0.2, 0.25) is 10.9 Å². The van der Waals surface area contributed by atoms with Crippen LogP contribution >= 0.6 is 0 Å². The molecule has 164 valence electrons. The van der Waals surface area contributed by atoms with Gasteiger partial charge in [0.05, 0.1) is 6.54 Å². The first-order valence-electron chi connectivity index (χ1n) is 9.77. The normalized spacial score (nSPS) is 11.8. The summed E-state index contributed by atoms with van der Waals surface area (Å²) >= 11 is 0. The van der Waals surface area contributed by atoms with Gasteiger partial charge in [0, 0.05) is 18.8 Å². The Hall–Kier alpha value is -4.21. The maximum Gasteiger partial charge on any atom is 0.405 e. The number of fused-ring (bicyclic) bond motifs is 2. The predicted molar refractivity (Wildman–Crippen MR) is 118 cm³/mol. The Morgan fingerprint density at radius 1 is 0.906 bits per heavy atom. The first kappa shape index (κ1) is 21.0. The minimum absolute atomic E-state index is 0.0515. The van der Waals surface area contributed by atoms with E-state index in [9.17, 15) is 24.0 Å². The van der Waals surface area contributed by atoms with Gasteiger partial charge in [-0.2, -0.15) is 0 Å². The quantitative estimate of drug-likeness (QED) is 0.420. The zero-order valence-corrected chi connectivity index (χ0v) is 17.4. The first-order chi connectivity index (χ1) is 15.1. The molecule has 10 nitrogen and oxygen atoms in total. The van der Waals surface area contributed by atoms with Crippen molar-refractivity contribution in [3.05, 3.63) is 88.9 Å². The van der Waals surface area contributed by atoms with E-state index in [4.69, 9.17) is 10.5 Å². The molecule has 4 aromatic rings. The van der Waals surface area contributed by atoms with E-state index in [2.05, 4.69) is 9.97 Å². The van der Waals surface area contributed by atoms with Crippen molar-refractivity contribution in [1.82, 2.24) is 14.5 Å². The number of nitrogens with zero attached hydrogens (tertiary/aromatic N) is 1. The summed E-state index contributed by atoms with van der Waals surface area (Å²) in [6.07, 6.45) is 2.38. The number of amides is 1. The van der Waals surface area contributed by atoms with Gasteiger partial charge >= 0.3 is 6.09 Å². The van der Waals surface area contributed by atoms with Crippen LogP contribution in [0, 0.1) is 0 Å². The molecule has 2 heterocycles. The average molecular weight is 436 g/mol. The minimum Gasteiger partial charge on any atom is -0.443 e. The molecule has 0 bridgehead atoms. The van der Waals surface area contributed by atoms with E-state index in [1.807, 2.05) is 0 Å². The van der Waals surface area contributed by atoms with Gasteiger partial charge in [-0.15, -0.1) is 0 Å². The molecule has 0 saturated heterocycles. The van der Waals surface area contributed by atoms with E-state index in [0.717, 1.165) is 10.1 Å². The van der Waals surface area contributed by atoms with Gasteiger partial charge in [0.1, 0.15) is 27.4 Å². The number of benzene rings is 2. The number of aromatic nitrogens is 3. The van der Waals surface area contributed by atoms with E-state index in [1.54, 1.807) is 38.1 Å². The molecule has 32 heavy (non-hydrogen) atoms. The highest BCUT2D eigenvalue weighted by atomic mass is 16.6. The van der Waals surface area contributed by atoms with E-state index in [0.29, 0.717) is 12.0 Å². The van der Waals surface area contributed by atoms with Crippen LogP contribution in [0.1, 0.15) is 25.0 Å². The van der Waals surface area contributed by atoms with Crippen molar-refractivity contribution in [1.29, 1.82) is 0 Å². The zero-order chi connectivity index (χ0) is 23.2. The van der Waals surface area contributed by atoms with Crippen LogP contribution in [0.15, 0.2) is 55.8 Å². The predicted octanol–water partition coefficient (Wildman–Crippen LogP) is 0.794. The highest BCUT2D eigenvalue weighted by molar-refractivity contribution is 5.94. The van der Waals surface area contributed by atoms with Gasteiger partial charge in [-0.3, -0.25) is 23.7 Å². The minimum atomic E-state index is -0.865. The van der Waals surface area contributed by atoms with Crippen LogP contribution in [0.3, 0.4) is 0 Å². The zero-order valence-electron chi connectivity index (χ0n) is 17.4. The monoisotopic (exact) mass is 436 g/mol. The summed E-state index contributed by atoms with van der Waals surface area (Å²) in [6.45, 7) is 3.35. The number of rotatable bonds is 5. The number of nitrogens with one attached hydrogen (secondary N) is 2. The molecule has 4 N–H and O–H groups in total. The summed E-state index contributed by atoms with van der Waals surface area (Å²) in [5.41, 5.74) is 2.66. The number of H-pyrrole nitrogens is 2. The van der Waals surface area contributed by atoms with Gasteiger partial charge < -0.3 is 20.4 Å². The third-order valence-corrected chi connectivity index (χ3v) is 5.24. The molecular formula is C22H20N4O6. The lowest BCUT2D eigenvalue weighted by atomic mass is 9.97. The Morgan fingerprint density at radius 2 is 1.38 bits per heavy atom. The number of primary amides is 1. The van der Waals surface area contributed by atoms with Gasteiger partial charge in [0.15, 0.2) is 0 Å². The van der Waals surface area contributed by atoms with Crippen LogP contribution in [0.4, 0.5) is 4.79 Å². The lowest BCUT2D eigenvalue weighted by Gasteiger charge is -2.24. The number of hydrogen-bond acceptors (Lipinski definition) is 6. The Balaban J connectivity index is 1.73. The summed E-state index contributed by atoms with van der Waals surface area (Å²) in [4.78, 5) is 67.6. The van der Waals surface area contributed by atoms with Crippen molar-refractivity contribution >= 4 is 27.9 Å². The number of aromatic amines is 2. The second-order valence-electron chi connectivity index (χ2n) is 8.15. The average Bonchev–Trinajstić information content (AvgIpc) is 2.97. The first-order valence-corrected chi connectivity index (χ1v) is 9.77.